The zero-order chi connectivity index (χ0) is 37.5. The van der Waals surface area contributed by atoms with Crippen LogP contribution in [-0.4, -0.2) is 60.2 Å². The van der Waals surface area contributed by atoms with Gasteiger partial charge in [0.2, 0.25) is 11.8 Å². The Balaban J connectivity index is 0.000000277. The Hall–Kier alpha value is -6.71. The van der Waals surface area contributed by atoms with Crippen molar-refractivity contribution in [3.05, 3.63) is 116 Å². The molecule has 0 heterocycles. The van der Waals surface area contributed by atoms with Crippen LogP contribution in [0.3, 0.4) is 0 Å². The number of hydrogen-bond donors (Lipinski definition) is 4. The van der Waals surface area contributed by atoms with Crippen LogP contribution in [-0.2, 0) is 22.4 Å². The summed E-state index contributed by atoms with van der Waals surface area (Å²) in [5.41, 5.74) is 2.01. The zero-order valence-electron chi connectivity index (χ0n) is 28.4. The average Bonchev–Trinajstić information content (AvgIpc) is 3.09. The molecule has 0 aliphatic carbocycles. The van der Waals surface area contributed by atoms with Gasteiger partial charge in [0, 0.05) is 37.6 Å². The number of amides is 3. The highest BCUT2D eigenvalue weighted by Gasteiger charge is 2.20. The molecule has 0 aromatic heterocycles. The van der Waals surface area contributed by atoms with E-state index in [-0.39, 0.29) is 47.2 Å². The van der Waals surface area contributed by atoms with Gasteiger partial charge in [-0.2, -0.15) is 0 Å². The number of rotatable bonds is 14. The van der Waals surface area contributed by atoms with Crippen molar-refractivity contribution in [2.45, 2.75) is 26.7 Å². The van der Waals surface area contributed by atoms with Gasteiger partial charge in [0.05, 0.1) is 35.9 Å². The highest BCUT2D eigenvalue weighted by atomic mass is 16.6. The van der Waals surface area contributed by atoms with E-state index < -0.39 is 21.8 Å². The third-order valence-corrected chi connectivity index (χ3v) is 7.08. The molecule has 4 aromatic rings. The van der Waals surface area contributed by atoms with Crippen LogP contribution in [0.4, 0.5) is 38.9 Å². The van der Waals surface area contributed by atoms with Crippen LogP contribution in [0, 0.1) is 20.2 Å². The molecule has 0 atom stereocenters. The van der Waals surface area contributed by atoms with Gasteiger partial charge < -0.3 is 30.5 Å². The molecule has 51 heavy (non-hydrogen) atoms. The minimum atomic E-state index is -1.23. The molecule has 0 saturated carbocycles. The Morgan fingerprint density at radius 3 is 1.53 bits per heavy atom. The molecular weight excluding hydrogens is 664 g/mol. The number of nitrogens with one attached hydrogen (secondary N) is 3. The van der Waals surface area contributed by atoms with E-state index in [9.17, 15) is 34.6 Å². The normalized spacial score (nSPS) is 10.1. The Bertz CT molecular complexity index is 1850. The summed E-state index contributed by atoms with van der Waals surface area (Å²) in [6.07, 6.45) is -1.11. The van der Waals surface area contributed by atoms with E-state index >= 15 is 0 Å². The second-order valence-electron chi connectivity index (χ2n) is 10.6. The van der Waals surface area contributed by atoms with Crippen molar-refractivity contribution in [3.63, 3.8) is 0 Å². The van der Waals surface area contributed by atoms with Gasteiger partial charge in [0.25, 0.3) is 11.4 Å². The minimum absolute atomic E-state index is 0.00254. The molecule has 0 aliphatic heterocycles. The number of nitro groups is 2. The molecule has 4 aromatic carbocycles. The number of anilines is 4. The number of carbonyl (C=O) groups excluding carboxylic acids is 2. The van der Waals surface area contributed by atoms with Crippen molar-refractivity contribution in [1.82, 2.24) is 0 Å². The number of carbonyl (C=O) groups is 3. The largest absolute Gasteiger partial charge is 0.494 e. The number of ether oxygens (including phenoxy) is 2. The lowest BCUT2D eigenvalue weighted by Crippen LogP contribution is -2.24. The topological polar surface area (TPSA) is 216 Å². The first-order chi connectivity index (χ1) is 24.3. The van der Waals surface area contributed by atoms with Gasteiger partial charge in [-0.3, -0.25) is 34.7 Å². The van der Waals surface area contributed by atoms with E-state index in [4.69, 9.17) is 14.6 Å². The van der Waals surface area contributed by atoms with E-state index in [1.807, 2.05) is 13.8 Å². The fourth-order valence-corrected chi connectivity index (χ4v) is 4.55. The average molecular weight is 703 g/mol. The number of hydrogen-bond acceptors (Lipinski definition) is 10. The maximum Gasteiger partial charge on any atom is 0.411 e. The molecule has 0 radical (unpaired) electrons. The summed E-state index contributed by atoms with van der Waals surface area (Å²) in [4.78, 5) is 57.5. The molecule has 4 N–H and O–H groups in total. The van der Waals surface area contributed by atoms with Crippen molar-refractivity contribution in [3.8, 4) is 11.5 Å². The van der Waals surface area contributed by atoms with Crippen molar-refractivity contribution < 1.29 is 38.8 Å². The number of nitrogens with zero attached hydrogens (tertiary/aromatic N) is 3. The molecule has 0 aliphatic rings. The minimum Gasteiger partial charge on any atom is -0.494 e. The van der Waals surface area contributed by atoms with Crippen LogP contribution >= 0.6 is 0 Å². The quantitative estimate of drug-likeness (QED) is 0.0821. The summed E-state index contributed by atoms with van der Waals surface area (Å²) in [5, 5.41) is 39.3. The van der Waals surface area contributed by atoms with Crippen molar-refractivity contribution in [1.29, 1.82) is 0 Å². The summed E-state index contributed by atoms with van der Waals surface area (Å²) in [6.45, 7) is 4.87. The molecule has 4 rings (SSSR count). The zero-order valence-corrected chi connectivity index (χ0v) is 28.4. The first-order valence-corrected chi connectivity index (χ1v) is 15.6. The first-order valence-electron chi connectivity index (χ1n) is 15.6. The second kappa shape index (κ2) is 18.7. The molecule has 3 amide bonds. The van der Waals surface area contributed by atoms with Crippen molar-refractivity contribution in [2.75, 3.05) is 48.2 Å². The first kappa shape index (κ1) is 38.7. The SMILES string of the molecule is CCOc1ccc(CC(=O)Nc2cc(N(C)C(=O)O)ccc2[N+](=O)[O-])cc1.CCOc1ccc(CC(=O)Nc2cc(NC)ccc2[N+](=O)[O-])cc1. The lowest BCUT2D eigenvalue weighted by atomic mass is 10.1. The highest BCUT2D eigenvalue weighted by Crippen LogP contribution is 2.30. The predicted molar refractivity (Wildman–Crippen MR) is 192 cm³/mol. The van der Waals surface area contributed by atoms with Gasteiger partial charge in [-0.15, -0.1) is 0 Å². The van der Waals surface area contributed by atoms with E-state index in [0.29, 0.717) is 30.2 Å². The van der Waals surface area contributed by atoms with Crippen LogP contribution < -0.4 is 30.3 Å². The van der Waals surface area contributed by atoms with Gasteiger partial charge in [-0.05, 0) is 73.5 Å². The second-order valence-corrected chi connectivity index (χ2v) is 10.6. The van der Waals surface area contributed by atoms with Crippen LogP contribution in [0.25, 0.3) is 0 Å². The molecule has 0 saturated heterocycles. The van der Waals surface area contributed by atoms with Gasteiger partial charge in [0.1, 0.15) is 22.9 Å². The molecular formula is C35H38N6O10. The van der Waals surface area contributed by atoms with Crippen LogP contribution in [0.15, 0.2) is 84.9 Å². The molecule has 0 fully saturated rings. The maximum absolute atomic E-state index is 12.3. The van der Waals surface area contributed by atoms with Crippen molar-refractivity contribution in [2.24, 2.45) is 0 Å². The summed E-state index contributed by atoms with van der Waals surface area (Å²) in [7, 11) is 3.00. The lowest BCUT2D eigenvalue weighted by Gasteiger charge is -2.15. The molecule has 16 heteroatoms. The Morgan fingerprint density at radius 2 is 1.14 bits per heavy atom. The van der Waals surface area contributed by atoms with Crippen LogP contribution in [0.1, 0.15) is 25.0 Å². The van der Waals surface area contributed by atoms with Crippen LogP contribution in [0.5, 0.6) is 11.5 Å². The van der Waals surface area contributed by atoms with E-state index in [2.05, 4.69) is 16.0 Å². The number of carboxylic acid groups (broad SMARTS) is 1. The summed E-state index contributed by atoms with van der Waals surface area (Å²) in [5.74, 6) is 0.633. The predicted octanol–water partition coefficient (Wildman–Crippen LogP) is 6.51. The fraction of sp³-hybridized carbons (Fsp3) is 0.229. The Labute approximate surface area is 293 Å². The van der Waals surface area contributed by atoms with Crippen molar-refractivity contribution >= 4 is 52.0 Å². The van der Waals surface area contributed by atoms with Gasteiger partial charge in [-0.1, -0.05) is 24.3 Å². The number of benzene rings is 4. The monoisotopic (exact) mass is 702 g/mol. The lowest BCUT2D eigenvalue weighted by molar-refractivity contribution is -0.384. The van der Waals surface area contributed by atoms with Crippen LogP contribution in [0.2, 0.25) is 0 Å². The van der Waals surface area contributed by atoms with Gasteiger partial charge in [0.15, 0.2) is 0 Å². The molecule has 16 nitrogen and oxygen atoms in total. The van der Waals surface area contributed by atoms with E-state index in [1.54, 1.807) is 61.6 Å². The van der Waals surface area contributed by atoms with E-state index in [0.717, 1.165) is 22.3 Å². The number of nitro benzene ring substituents is 2. The smallest absolute Gasteiger partial charge is 0.411 e. The molecule has 0 unspecified atom stereocenters. The van der Waals surface area contributed by atoms with E-state index in [1.165, 1.54) is 31.3 Å². The third kappa shape index (κ3) is 11.7. The third-order valence-electron chi connectivity index (χ3n) is 7.08. The fourth-order valence-electron chi connectivity index (χ4n) is 4.55. The molecule has 268 valence electrons. The summed E-state index contributed by atoms with van der Waals surface area (Å²) in [6, 6.07) is 22.3. The Kier molecular flexibility index (Phi) is 14.2. The highest BCUT2D eigenvalue weighted by molar-refractivity contribution is 5.96. The molecule has 0 spiro atoms. The maximum atomic E-state index is 12.3. The summed E-state index contributed by atoms with van der Waals surface area (Å²) < 4.78 is 10.7. The van der Waals surface area contributed by atoms with Gasteiger partial charge >= 0.3 is 6.09 Å². The molecule has 0 bridgehead atoms. The standard InChI is InChI=1S/C18H19N3O6.C17H19N3O4/c1-3-27-14-7-4-12(5-8-14)10-17(22)19-15-11-13(20(2)18(23)24)6-9-16(15)21(25)26;1-3-24-14-7-4-12(5-8-14)10-17(21)19-15-11-13(18-2)6-9-16(15)20(22)23/h4-9,11H,3,10H2,1-2H3,(H,19,22)(H,23,24);4-9,11,18H,3,10H2,1-2H3,(H,19,21). The summed E-state index contributed by atoms with van der Waals surface area (Å²) >= 11 is 0. The van der Waals surface area contributed by atoms with Gasteiger partial charge in [-0.25, -0.2) is 4.79 Å². The Morgan fingerprint density at radius 1 is 0.706 bits per heavy atom.